The molecule has 0 aromatic carbocycles. The topological polar surface area (TPSA) is 77.0 Å². The van der Waals surface area contributed by atoms with Gasteiger partial charge in [-0.2, -0.15) is 0 Å². The minimum Gasteiger partial charge on any atom is -0.444 e. The first-order chi connectivity index (χ1) is 8.01. The average molecular weight is 244 g/mol. The van der Waals surface area contributed by atoms with E-state index >= 15 is 0 Å². The highest BCUT2D eigenvalue weighted by atomic mass is 16.7. The van der Waals surface area contributed by atoms with Crippen molar-refractivity contribution in [3.8, 4) is 0 Å². The second-order valence-electron chi connectivity index (χ2n) is 3.65. The van der Waals surface area contributed by atoms with Crippen molar-refractivity contribution in [3.63, 3.8) is 0 Å². The molecule has 0 aromatic rings. The van der Waals surface area contributed by atoms with E-state index in [1.165, 1.54) is 0 Å². The summed E-state index contributed by atoms with van der Waals surface area (Å²) in [6.45, 7) is 7.08. The summed E-state index contributed by atoms with van der Waals surface area (Å²) in [4.78, 5) is 26.8. The van der Waals surface area contributed by atoms with Crippen LogP contribution in [0.5, 0.6) is 0 Å². The van der Waals surface area contributed by atoms with Crippen molar-refractivity contribution in [1.82, 2.24) is 5.32 Å². The number of rotatable bonds is 6. The average Bonchev–Trinajstić information content (AvgIpc) is 2.34. The predicted molar refractivity (Wildman–Crippen MR) is 63.4 cm³/mol. The molecule has 1 atom stereocenters. The molecule has 0 saturated heterocycles. The Morgan fingerprint density at radius 3 is 2.53 bits per heavy atom. The van der Waals surface area contributed by atoms with Gasteiger partial charge < -0.3 is 4.74 Å². The highest BCUT2D eigenvalue weighted by Crippen LogP contribution is 2.02. The summed E-state index contributed by atoms with van der Waals surface area (Å²) < 4.78 is 4.80. The van der Waals surface area contributed by atoms with Crippen LogP contribution >= 0.6 is 0 Å². The molecule has 0 radical (unpaired) electrons. The van der Waals surface area contributed by atoms with Crippen LogP contribution in [-0.4, -0.2) is 24.5 Å². The smallest absolute Gasteiger partial charge is 0.435 e. The van der Waals surface area contributed by atoms with Gasteiger partial charge in [0.2, 0.25) is 0 Å². The number of esters is 1. The molecule has 6 nitrogen and oxygen atoms in total. The SMILES string of the molecule is CCC(C)=NOC(=O)NCOC(=O)C(C)CC. The van der Waals surface area contributed by atoms with E-state index in [9.17, 15) is 9.59 Å². The highest BCUT2D eigenvalue weighted by Gasteiger charge is 2.12. The number of oxime groups is 1. The van der Waals surface area contributed by atoms with Crippen molar-refractivity contribution >= 4 is 17.8 Å². The van der Waals surface area contributed by atoms with Gasteiger partial charge in [0.15, 0.2) is 6.73 Å². The van der Waals surface area contributed by atoms with Crippen LogP contribution in [0.1, 0.15) is 40.5 Å². The van der Waals surface area contributed by atoms with Crippen molar-refractivity contribution in [1.29, 1.82) is 0 Å². The normalized spacial score (nSPS) is 12.8. The van der Waals surface area contributed by atoms with Crippen molar-refractivity contribution in [2.75, 3.05) is 6.73 Å². The van der Waals surface area contributed by atoms with Gasteiger partial charge in [-0.05, 0) is 19.8 Å². The van der Waals surface area contributed by atoms with Crippen molar-refractivity contribution in [2.45, 2.75) is 40.5 Å². The van der Waals surface area contributed by atoms with Gasteiger partial charge in [0.05, 0.1) is 11.6 Å². The lowest BCUT2D eigenvalue weighted by Gasteiger charge is -2.09. The third kappa shape index (κ3) is 7.32. The zero-order chi connectivity index (χ0) is 13.3. The molecule has 17 heavy (non-hydrogen) atoms. The van der Waals surface area contributed by atoms with Gasteiger partial charge in [-0.15, -0.1) is 0 Å². The lowest BCUT2D eigenvalue weighted by molar-refractivity contribution is -0.148. The molecule has 0 saturated carbocycles. The number of nitrogens with zero attached hydrogens (tertiary/aromatic N) is 1. The van der Waals surface area contributed by atoms with Gasteiger partial charge in [0.25, 0.3) is 0 Å². The van der Waals surface area contributed by atoms with E-state index in [0.717, 1.165) is 0 Å². The molecule has 0 aliphatic carbocycles. The first-order valence-corrected chi connectivity index (χ1v) is 5.66. The minimum absolute atomic E-state index is 0.173. The van der Waals surface area contributed by atoms with Crippen LogP contribution in [0.3, 0.4) is 0 Å². The van der Waals surface area contributed by atoms with Gasteiger partial charge in [-0.3, -0.25) is 14.9 Å². The number of carbonyl (C=O) groups is 2. The van der Waals surface area contributed by atoms with Gasteiger partial charge in [-0.25, -0.2) is 4.79 Å². The van der Waals surface area contributed by atoms with Crippen LogP contribution in [0.2, 0.25) is 0 Å². The summed E-state index contributed by atoms with van der Waals surface area (Å²) in [6, 6.07) is 0. The molecule has 1 unspecified atom stereocenters. The third-order valence-electron chi connectivity index (χ3n) is 2.24. The van der Waals surface area contributed by atoms with E-state index in [1.807, 2.05) is 13.8 Å². The molecule has 0 aromatic heterocycles. The number of ether oxygens (including phenoxy) is 1. The number of amides is 1. The van der Waals surface area contributed by atoms with E-state index in [0.29, 0.717) is 18.6 Å². The molecule has 0 heterocycles. The lowest BCUT2D eigenvalue weighted by Crippen LogP contribution is -2.29. The number of hydrogen-bond acceptors (Lipinski definition) is 5. The van der Waals surface area contributed by atoms with E-state index in [1.54, 1.807) is 13.8 Å². The quantitative estimate of drug-likeness (QED) is 0.255. The van der Waals surface area contributed by atoms with E-state index in [-0.39, 0.29) is 18.6 Å². The molecular formula is C11H20N2O4. The van der Waals surface area contributed by atoms with Crippen LogP contribution in [0.25, 0.3) is 0 Å². The second kappa shape index (κ2) is 8.55. The Labute approximate surface area is 101 Å². The summed E-state index contributed by atoms with van der Waals surface area (Å²) in [5, 5.41) is 5.82. The molecule has 1 N–H and O–H groups in total. The standard InChI is InChI=1S/C11H20N2O4/c1-5-8(3)10(14)16-7-12-11(15)17-13-9(4)6-2/h8H,5-7H2,1-4H3,(H,12,15). The van der Waals surface area contributed by atoms with Crippen LogP contribution in [0, 0.1) is 5.92 Å². The molecule has 0 rings (SSSR count). The third-order valence-corrected chi connectivity index (χ3v) is 2.24. The summed E-state index contributed by atoms with van der Waals surface area (Å²) in [6.07, 6.45) is 0.661. The first kappa shape index (κ1) is 15.4. The van der Waals surface area contributed by atoms with Crippen LogP contribution in [-0.2, 0) is 14.4 Å². The maximum absolute atomic E-state index is 11.2. The van der Waals surface area contributed by atoms with E-state index < -0.39 is 6.09 Å². The summed E-state index contributed by atoms with van der Waals surface area (Å²) in [5.74, 6) is -0.519. The number of carbonyl (C=O) groups excluding carboxylic acids is 2. The monoisotopic (exact) mass is 244 g/mol. The predicted octanol–water partition coefficient (Wildman–Crippen LogP) is 2.05. The minimum atomic E-state index is -0.741. The largest absolute Gasteiger partial charge is 0.444 e. The van der Waals surface area contributed by atoms with Gasteiger partial charge >= 0.3 is 12.1 Å². The van der Waals surface area contributed by atoms with E-state index in [4.69, 9.17) is 4.74 Å². The molecule has 0 aliphatic heterocycles. The van der Waals surface area contributed by atoms with Crippen LogP contribution in [0.4, 0.5) is 4.79 Å². The molecule has 6 heteroatoms. The fourth-order valence-corrected chi connectivity index (χ4v) is 0.691. The van der Waals surface area contributed by atoms with Crippen molar-refractivity contribution < 1.29 is 19.2 Å². The van der Waals surface area contributed by atoms with Crippen molar-refractivity contribution in [3.05, 3.63) is 0 Å². The Hall–Kier alpha value is -1.59. The Balaban J connectivity index is 3.75. The summed E-state index contributed by atoms with van der Waals surface area (Å²) in [5.41, 5.74) is 0.705. The zero-order valence-electron chi connectivity index (χ0n) is 10.8. The molecule has 1 amide bonds. The summed E-state index contributed by atoms with van der Waals surface area (Å²) >= 11 is 0. The highest BCUT2D eigenvalue weighted by molar-refractivity contribution is 5.81. The molecule has 98 valence electrons. The maximum Gasteiger partial charge on any atom is 0.435 e. The lowest BCUT2D eigenvalue weighted by atomic mass is 10.1. The molecule has 0 fully saturated rings. The second-order valence-corrected chi connectivity index (χ2v) is 3.65. The number of hydrogen-bond donors (Lipinski definition) is 1. The van der Waals surface area contributed by atoms with Gasteiger partial charge in [-0.1, -0.05) is 25.9 Å². The first-order valence-electron chi connectivity index (χ1n) is 5.66. The molecule has 0 aliphatic rings. The molecular weight excluding hydrogens is 224 g/mol. The Kier molecular flexibility index (Phi) is 7.75. The Bertz CT molecular complexity index is 289. The van der Waals surface area contributed by atoms with Gasteiger partial charge in [0.1, 0.15) is 0 Å². The van der Waals surface area contributed by atoms with Crippen LogP contribution in [0.15, 0.2) is 5.16 Å². The van der Waals surface area contributed by atoms with Gasteiger partial charge in [0, 0.05) is 0 Å². The Morgan fingerprint density at radius 2 is 2.00 bits per heavy atom. The van der Waals surface area contributed by atoms with E-state index in [2.05, 4.69) is 15.3 Å². The maximum atomic E-state index is 11.2. The Morgan fingerprint density at radius 1 is 1.35 bits per heavy atom. The summed E-state index contributed by atoms with van der Waals surface area (Å²) in [7, 11) is 0. The fraction of sp³-hybridized carbons (Fsp3) is 0.727. The van der Waals surface area contributed by atoms with Crippen LogP contribution < -0.4 is 5.32 Å². The molecule has 0 spiro atoms. The fourth-order valence-electron chi connectivity index (χ4n) is 0.691. The molecule has 0 bridgehead atoms. The zero-order valence-corrected chi connectivity index (χ0v) is 10.8. The van der Waals surface area contributed by atoms with Crippen molar-refractivity contribution in [2.24, 2.45) is 11.1 Å². The number of nitrogens with one attached hydrogen (secondary N) is 1.